The van der Waals surface area contributed by atoms with Crippen molar-refractivity contribution in [2.24, 2.45) is 0 Å². The van der Waals surface area contributed by atoms with Gasteiger partial charge < -0.3 is 10.4 Å². The van der Waals surface area contributed by atoms with Crippen LogP contribution < -0.4 is 5.32 Å². The minimum absolute atomic E-state index is 0.202. The Hall–Kier alpha value is -3.47. The molecular formula is C20H16N2O3. The zero-order chi connectivity index (χ0) is 17.6. The van der Waals surface area contributed by atoms with Crippen molar-refractivity contribution < 1.29 is 14.7 Å². The number of pyridine rings is 1. The second-order valence-corrected chi connectivity index (χ2v) is 5.44. The molecule has 5 nitrogen and oxygen atoms in total. The van der Waals surface area contributed by atoms with Gasteiger partial charge in [-0.2, -0.15) is 0 Å². The fourth-order valence-corrected chi connectivity index (χ4v) is 2.52. The Labute approximate surface area is 145 Å². The third-order valence-electron chi connectivity index (χ3n) is 3.75. The van der Waals surface area contributed by atoms with Crippen LogP contribution in [-0.2, 0) is 6.54 Å². The van der Waals surface area contributed by atoms with Gasteiger partial charge in [0.2, 0.25) is 0 Å². The molecule has 1 amide bonds. The number of nitrogens with zero attached hydrogens (tertiary/aromatic N) is 1. The first-order valence-electron chi connectivity index (χ1n) is 7.76. The van der Waals surface area contributed by atoms with Gasteiger partial charge in [0.25, 0.3) is 5.91 Å². The fraction of sp³-hybridized carbons (Fsp3) is 0.0500. The number of carbonyl (C=O) groups is 2. The summed E-state index contributed by atoms with van der Waals surface area (Å²) in [6.07, 6.45) is 1.67. The Balaban J connectivity index is 1.82. The number of aromatic nitrogens is 1. The van der Waals surface area contributed by atoms with Gasteiger partial charge in [0.15, 0.2) is 0 Å². The molecule has 1 aromatic heterocycles. The predicted octanol–water partition coefficient (Wildman–Crippen LogP) is 3.38. The standard InChI is InChI=1S/C20H16N2O3/c23-19(22-13-16-8-3-4-11-21-16)15-7-5-6-14(12-15)17-9-1-2-10-18(17)20(24)25/h1-12H,13H2,(H,22,23)(H,24,25). The highest BCUT2D eigenvalue weighted by molar-refractivity contribution is 5.98. The summed E-state index contributed by atoms with van der Waals surface area (Å²) in [6, 6.07) is 19.1. The van der Waals surface area contributed by atoms with Crippen LogP contribution in [-0.4, -0.2) is 22.0 Å². The minimum Gasteiger partial charge on any atom is -0.478 e. The minimum atomic E-state index is -0.999. The molecule has 0 saturated heterocycles. The van der Waals surface area contributed by atoms with E-state index in [9.17, 15) is 14.7 Å². The van der Waals surface area contributed by atoms with Crippen molar-refractivity contribution in [3.63, 3.8) is 0 Å². The smallest absolute Gasteiger partial charge is 0.336 e. The number of hydrogen-bond acceptors (Lipinski definition) is 3. The molecule has 0 fully saturated rings. The van der Waals surface area contributed by atoms with Gasteiger partial charge in [0.05, 0.1) is 17.8 Å². The van der Waals surface area contributed by atoms with Crippen molar-refractivity contribution in [1.29, 1.82) is 0 Å². The maximum Gasteiger partial charge on any atom is 0.336 e. The molecular weight excluding hydrogens is 316 g/mol. The van der Waals surface area contributed by atoms with Gasteiger partial charge in [0, 0.05) is 11.8 Å². The van der Waals surface area contributed by atoms with E-state index in [1.54, 1.807) is 54.7 Å². The summed E-state index contributed by atoms with van der Waals surface area (Å²) in [4.78, 5) is 27.9. The van der Waals surface area contributed by atoms with Gasteiger partial charge in [-0.25, -0.2) is 4.79 Å². The van der Waals surface area contributed by atoms with E-state index in [-0.39, 0.29) is 11.5 Å². The highest BCUT2D eigenvalue weighted by atomic mass is 16.4. The van der Waals surface area contributed by atoms with E-state index >= 15 is 0 Å². The topological polar surface area (TPSA) is 79.3 Å². The first kappa shape index (κ1) is 16.4. The van der Waals surface area contributed by atoms with Gasteiger partial charge in [-0.15, -0.1) is 0 Å². The van der Waals surface area contributed by atoms with Crippen LogP contribution in [0.5, 0.6) is 0 Å². The molecule has 3 rings (SSSR count). The van der Waals surface area contributed by atoms with E-state index < -0.39 is 5.97 Å². The van der Waals surface area contributed by atoms with Gasteiger partial charge in [0.1, 0.15) is 0 Å². The summed E-state index contributed by atoms with van der Waals surface area (Å²) in [7, 11) is 0. The molecule has 2 aromatic carbocycles. The maximum absolute atomic E-state index is 12.4. The molecule has 0 unspecified atom stereocenters. The van der Waals surface area contributed by atoms with Crippen LogP contribution in [0, 0.1) is 0 Å². The maximum atomic E-state index is 12.4. The summed E-state index contributed by atoms with van der Waals surface area (Å²) < 4.78 is 0. The molecule has 0 radical (unpaired) electrons. The molecule has 1 heterocycles. The number of aromatic carboxylic acids is 1. The van der Waals surface area contributed by atoms with Gasteiger partial charge in [-0.1, -0.05) is 36.4 Å². The van der Waals surface area contributed by atoms with Crippen molar-refractivity contribution in [2.75, 3.05) is 0 Å². The molecule has 2 N–H and O–H groups in total. The van der Waals surface area contributed by atoms with E-state index in [4.69, 9.17) is 0 Å². The average molecular weight is 332 g/mol. The zero-order valence-electron chi connectivity index (χ0n) is 13.3. The number of amides is 1. The van der Waals surface area contributed by atoms with Crippen molar-refractivity contribution >= 4 is 11.9 Å². The number of carboxylic acids is 1. The van der Waals surface area contributed by atoms with Crippen LogP contribution in [0.15, 0.2) is 72.9 Å². The molecule has 25 heavy (non-hydrogen) atoms. The molecule has 5 heteroatoms. The normalized spacial score (nSPS) is 10.2. The second kappa shape index (κ2) is 7.40. The average Bonchev–Trinajstić information content (AvgIpc) is 2.67. The lowest BCUT2D eigenvalue weighted by atomic mass is 9.98. The fourth-order valence-electron chi connectivity index (χ4n) is 2.52. The number of hydrogen-bond donors (Lipinski definition) is 2. The van der Waals surface area contributed by atoms with Crippen LogP contribution in [0.4, 0.5) is 0 Å². The van der Waals surface area contributed by atoms with Crippen LogP contribution in [0.3, 0.4) is 0 Å². The first-order valence-corrected chi connectivity index (χ1v) is 7.76. The Kier molecular flexibility index (Phi) is 4.85. The zero-order valence-corrected chi connectivity index (χ0v) is 13.3. The number of benzene rings is 2. The van der Waals surface area contributed by atoms with Crippen LogP contribution >= 0.6 is 0 Å². The van der Waals surface area contributed by atoms with Crippen molar-refractivity contribution in [3.05, 3.63) is 89.7 Å². The second-order valence-electron chi connectivity index (χ2n) is 5.44. The highest BCUT2D eigenvalue weighted by Gasteiger charge is 2.13. The Bertz CT molecular complexity index is 908. The SMILES string of the molecule is O=C(NCc1ccccn1)c1cccc(-c2ccccc2C(=O)O)c1. The summed E-state index contributed by atoms with van der Waals surface area (Å²) in [5.74, 6) is -1.24. The van der Waals surface area contributed by atoms with Gasteiger partial charge in [-0.3, -0.25) is 9.78 Å². The molecule has 3 aromatic rings. The lowest BCUT2D eigenvalue weighted by Crippen LogP contribution is -2.23. The summed E-state index contributed by atoms with van der Waals surface area (Å²) in [6.45, 7) is 0.329. The van der Waals surface area contributed by atoms with E-state index in [1.165, 1.54) is 0 Å². The number of carboxylic acid groups (broad SMARTS) is 1. The predicted molar refractivity (Wildman–Crippen MR) is 94.2 cm³/mol. The number of rotatable bonds is 5. The molecule has 0 atom stereocenters. The first-order chi connectivity index (χ1) is 12.1. The summed E-state index contributed by atoms with van der Waals surface area (Å²) in [5.41, 5.74) is 2.70. The number of nitrogens with one attached hydrogen (secondary N) is 1. The quantitative estimate of drug-likeness (QED) is 0.751. The molecule has 0 aliphatic heterocycles. The Morgan fingerprint density at radius 3 is 2.52 bits per heavy atom. The highest BCUT2D eigenvalue weighted by Crippen LogP contribution is 2.24. The summed E-state index contributed by atoms with van der Waals surface area (Å²) in [5, 5.41) is 12.1. The molecule has 0 aliphatic carbocycles. The monoisotopic (exact) mass is 332 g/mol. The van der Waals surface area contributed by atoms with E-state index in [0.29, 0.717) is 23.2 Å². The van der Waals surface area contributed by atoms with Gasteiger partial charge in [-0.05, 0) is 41.5 Å². The van der Waals surface area contributed by atoms with Crippen molar-refractivity contribution in [1.82, 2.24) is 10.3 Å². The third-order valence-corrected chi connectivity index (χ3v) is 3.75. The molecule has 124 valence electrons. The van der Waals surface area contributed by atoms with E-state index in [1.807, 2.05) is 18.2 Å². The number of carbonyl (C=O) groups excluding carboxylic acids is 1. The van der Waals surface area contributed by atoms with Crippen molar-refractivity contribution in [2.45, 2.75) is 6.54 Å². The van der Waals surface area contributed by atoms with Crippen LogP contribution in [0.25, 0.3) is 11.1 Å². The molecule has 0 bridgehead atoms. The van der Waals surface area contributed by atoms with Crippen LogP contribution in [0.1, 0.15) is 26.4 Å². The third kappa shape index (κ3) is 3.90. The van der Waals surface area contributed by atoms with Crippen LogP contribution in [0.2, 0.25) is 0 Å². The lowest BCUT2D eigenvalue weighted by molar-refractivity contribution is 0.0697. The molecule has 0 aliphatic rings. The lowest BCUT2D eigenvalue weighted by Gasteiger charge is -2.09. The Morgan fingerprint density at radius 2 is 1.76 bits per heavy atom. The van der Waals surface area contributed by atoms with Gasteiger partial charge >= 0.3 is 5.97 Å². The molecule has 0 spiro atoms. The summed E-state index contributed by atoms with van der Waals surface area (Å²) >= 11 is 0. The van der Waals surface area contributed by atoms with E-state index in [2.05, 4.69) is 10.3 Å². The van der Waals surface area contributed by atoms with E-state index in [0.717, 1.165) is 5.69 Å². The largest absolute Gasteiger partial charge is 0.478 e. The Morgan fingerprint density at radius 1 is 0.960 bits per heavy atom. The molecule has 0 saturated carbocycles. The van der Waals surface area contributed by atoms with Crippen molar-refractivity contribution in [3.8, 4) is 11.1 Å².